The van der Waals surface area contributed by atoms with Gasteiger partial charge in [0, 0.05) is 12.3 Å². The molecule has 0 spiro atoms. The van der Waals surface area contributed by atoms with E-state index in [9.17, 15) is 14.9 Å². The molecule has 0 aliphatic carbocycles. The van der Waals surface area contributed by atoms with Crippen molar-refractivity contribution in [1.29, 1.82) is 0 Å². The molecule has 1 aromatic heterocycles. The summed E-state index contributed by atoms with van der Waals surface area (Å²) >= 11 is 0. The van der Waals surface area contributed by atoms with Crippen LogP contribution >= 0.6 is 0 Å². The van der Waals surface area contributed by atoms with Gasteiger partial charge in [0.25, 0.3) is 5.69 Å². The molecule has 2 rings (SSSR count). The molecule has 0 fully saturated rings. The highest BCUT2D eigenvalue weighted by atomic mass is 16.6. The van der Waals surface area contributed by atoms with Crippen LogP contribution in [0, 0.1) is 10.1 Å². The molecule has 0 radical (unpaired) electrons. The summed E-state index contributed by atoms with van der Waals surface area (Å²) < 4.78 is 4.85. The maximum atomic E-state index is 11.5. The highest BCUT2D eigenvalue weighted by molar-refractivity contribution is 5.89. The van der Waals surface area contributed by atoms with Crippen molar-refractivity contribution in [3.63, 3.8) is 0 Å². The minimum atomic E-state index is -0.464. The van der Waals surface area contributed by atoms with Crippen molar-refractivity contribution in [1.82, 2.24) is 4.98 Å². The number of para-hydroxylation sites is 1. The zero-order valence-electron chi connectivity index (χ0n) is 10.8. The quantitative estimate of drug-likeness (QED) is 0.485. The maximum absolute atomic E-state index is 11.5. The highest BCUT2D eigenvalue weighted by Crippen LogP contribution is 2.27. The normalized spacial score (nSPS) is 10.1. The zero-order chi connectivity index (χ0) is 14.5. The molecule has 6 nitrogen and oxygen atoms in total. The molecule has 0 bridgehead atoms. The summed E-state index contributed by atoms with van der Waals surface area (Å²) in [6.45, 7) is 2.00. The molecular weight excluding hydrogens is 260 g/mol. The molecule has 0 unspecified atom stereocenters. The van der Waals surface area contributed by atoms with Crippen molar-refractivity contribution in [3.05, 3.63) is 58.3 Å². The molecule has 1 heterocycles. The van der Waals surface area contributed by atoms with Crippen LogP contribution in [0.15, 0.2) is 42.6 Å². The Kier molecular flexibility index (Phi) is 4.05. The molecule has 20 heavy (non-hydrogen) atoms. The molecule has 0 N–H and O–H groups in total. The van der Waals surface area contributed by atoms with Gasteiger partial charge in [-0.3, -0.25) is 15.1 Å². The van der Waals surface area contributed by atoms with Gasteiger partial charge in [-0.05, 0) is 25.1 Å². The predicted molar refractivity (Wildman–Crippen MR) is 72.3 cm³/mol. The molecule has 6 heteroatoms. The first-order valence-electron chi connectivity index (χ1n) is 6.00. The number of aromatic nitrogens is 1. The lowest BCUT2D eigenvalue weighted by atomic mass is 10.1. The van der Waals surface area contributed by atoms with E-state index in [0.29, 0.717) is 16.8 Å². The van der Waals surface area contributed by atoms with Gasteiger partial charge in [-0.1, -0.05) is 12.1 Å². The van der Waals surface area contributed by atoms with E-state index in [0.717, 1.165) is 0 Å². The van der Waals surface area contributed by atoms with E-state index in [2.05, 4.69) is 4.98 Å². The Morgan fingerprint density at radius 3 is 2.65 bits per heavy atom. The van der Waals surface area contributed by atoms with Crippen LogP contribution < -0.4 is 0 Å². The average Bonchev–Trinajstić information content (AvgIpc) is 2.47. The number of pyridine rings is 1. The fourth-order valence-corrected chi connectivity index (χ4v) is 1.74. The monoisotopic (exact) mass is 272 g/mol. The van der Waals surface area contributed by atoms with Crippen molar-refractivity contribution in [3.8, 4) is 11.3 Å². The number of esters is 1. The number of carbonyl (C=O) groups excluding carboxylic acids is 1. The Labute approximate surface area is 115 Å². The van der Waals surface area contributed by atoms with E-state index in [1.165, 1.54) is 18.3 Å². The number of carbonyl (C=O) groups is 1. The first-order valence-corrected chi connectivity index (χ1v) is 6.00. The fourth-order valence-electron chi connectivity index (χ4n) is 1.74. The van der Waals surface area contributed by atoms with Gasteiger partial charge in [0.1, 0.15) is 0 Å². The topological polar surface area (TPSA) is 82.3 Å². The predicted octanol–water partition coefficient (Wildman–Crippen LogP) is 2.83. The van der Waals surface area contributed by atoms with Gasteiger partial charge in [0.2, 0.25) is 0 Å². The number of nitro groups is 1. The van der Waals surface area contributed by atoms with Crippen LogP contribution in [0.5, 0.6) is 0 Å². The smallest absolute Gasteiger partial charge is 0.339 e. The van der Waals surface area contributed by atoms with Crippen molar-refractivity contribution in [2.45, 2.75) is 6.92 Å². The van der Waals surface area contributed by atoms with Gasteiger partial charge in [0.05, 0.1) is 28.4 Å². The summed E-state index contributed by atoms with van der Waals surface area (Å²) in [6.07, 6.45) is 1.35. The van der Waals surface area contributed by atoms with Crippen molar-refractivity contribution < 1.29 is 14.5 Å². The summed E-state index contributed by atoms with van der Waals surface area (Å²) in [6, 6.07) is 9.42. The van der Waals surface area contributed by atoms with Gasteiger partial charge in [0.15, 0.2) is 0 Å². The number of nitro benzene ring substituents is 1. The Hall–Kier alpha value is -2.76. The summed E-state index contributed by atoms with van der Waals surface area (Å²) in [7, 11) is 0. The van der Waals surface area contributed by atoms with Crippen molar-refractivity contribution >= 4 is 11.7 Å². The maximum Gasteiger partial charge on any atom is 0.339 e. The van der Waals surface area contributed by atoms with Crippen LogP contribution in [0.3, 0.4) is 0 Å². The lowest BCUT2D eigenvalue weighted by Crippen LogP contribution is -2.05. The standard InChI is InChI=1S/C14H12N2O4/c1-2-20-14(17)10-7-8-12(15-9-10)11-5-3-4-6-13(11)16(18)19/h3-9H,2H2,1H3. The van der Waals surface area contributed by atoms with E-state index in [4.69, 9.17) is 4.74 Å². The Bertz CT molecular complexity index is 638. The second-order valence-electron chi connectivity index (χ2n) is 3.93. The molecule has 0 aliphatic heterocycles. The first kappa shape index (κ1) is 13.7. The summed E-state index contributed by atoms with van der Waals surface area (Å²) in [5.74, 6) is -0.464. The van der Waals surface area contributed by atoms with Crippen LogP contribution in [-0.4, -0.2) is 22.5 Å². The number of hydrogen-bond acceptors (Lipinski definition) is 5. The second kappa shape index (κ2) is 5.92. The lowest BCUT2D eigenvalue weighted by Gasteiger charge is -2.04. The second-order valence-corrected chi connectivity index (χ2v) is 3.93. The number of rotatable bonds is 4. The minimum absolute atomic E-state index is 0.0242. The first-order chi connectivity index (χ1) is 9.63. The molecule has 0 amide bonds. The summed E-state index contributed by atoms with van der Waals surface area (Å²) in [5, 5.41) is 11.0. The number of ether oxygens (including phenoxy) is 1. The van der Waals surface area contributed by atoms with E-state index in [-0.39, 0.29) is 12.3 Å². The number of nitrogens with zero attached hydrogens (tertiary/aromatic N) is 2. The molecule has 0 saturated heterocycles. The Morgan fingerprint density at radius 2 is 2.05 bits per heavy atom. The largest absolute Gasteiger partial charge is 0.462 e. The fraction of sp³-hybridized carbons (Fsp3) is 0.143. The lowest BCUT2D eigenvalue weighted by molar-refractivity contribution is -0.384. The molecule has 1 aromatic carbocycles. The minimum Gasteiger partial charge on any atom is -0.462 e. The molecule has 0 saturated carbocycles. The van der Waals surface area contributed by atoms with Gasteiger partial charge >= 0.3 is 5.97 Å². The van der Waals surface area contributed by atoms with Crippen LogP contribution in [0.1, 0.15) is 17.3 Å². The third kappa shape index (κ3) is 2.80. The van der Waals surface area contributed by atoms with E-state index >= 15 is 0 Å². The summed E-state index contributed by atoms with van der Waals surface area (Å²) in [4.78, 5) is 26.1. The highest BCUT2D eigenvalue weighted by Gasteiger charge is 2.15. The SMILES string of the molecule is CCOC(=O)c1ccc(-c2ccccc2[N+](=O)[O-])nc1. The zero-order valence-corrected chi connectivity index (χ0v) is 10.8. The van der Waals surface area contributed by atoms with Gasteiger partial charge < -0.3 is 4.74 Å². The van der Waals surface area contributed by atoms with Gasteiger partial charge in [-0.15, -0.1) is 0 Å². The van der Waals surface area contributed by atoms with Crippen molar-refractivity contribution in [2.24, 2.45) is 0 Å². The van der Waals surface area contributed by atoms with Crippen LogP contribution in [0.2, 0.25) is 0 Å². The van der Waals surface area contributed by atoms with E-state index in [1.807, 2.05) is 0 Å². The van der Waals surface area contributed by atoms with Gasteiger partial charge in [-0.25, -0.2) is 4.79 Å². The van der Waals surface area contributed by atoms with Crippen LogP contribution in [0.4, 0.5) is 5.69 Å². The molecule has 0 aliphatic rings. The Morgan fingerprint density at radius 1 is 1.30 bits per heavy atom. The van der Waals surface area contributed by atoms with Crippen molar-refractivity contribution in [2.75, 3.05) is 6.61 Å². The molecule has 0 atom stereocenters. The van der Waals surface area contributed by atoms with Gasteiger partial charge in [-0.2, -0.15) is 0 Å². The number of benzene rings is 1. The molecule has 102 valence electrons. The van der Waals surface area contributed by atoms with Crippen LogP contribution in [-0.2, 0) is 4.74 Å². The van der Waals surface area contributed by atoms with Crippen LogP contribution in [0.25, 0.3) is 11.3 Å². The summed E-state index contributed by atoms with van der Waals surface area (Å²) in [5.41, 5.74) is 1.14. The number of hydrogen-bond donors (Lipinski definition) is 0. The molecular formula is C14H12N2O4. The third-order valence-electron chi connectivity index (χ3n) is 2.65. The average molecular weight is 272 g/mol. The van der Waals surface area contributed by atoms with E-state index in [1.54, 1.807) is 31.2 Å². The molecule has 2 aromatic rings. The third-order valence-corrected chi connectivity index (χ3v) is 2.65. The van der Waals surface area contributed by atoms with E-state index < -0.39 is 10.9 Å². The Balaban J connectivity index is 2.36.